The van der Waals surface area contributed by atoms with Crippen molar-refractivity contribution in [3.63, 3.8) is 0 Å². The minimum Gasteiger partial charge on any atom is -0.480 e. The summed E-state index contributed by atoms with van der Waals surface area (Å²) >= 11 is 0. The van der Waals surface area contributed by atoms with Crippen molar-refractivity contribution in [1.82, 2.24) is 11.0 Å². The second-order valence-electron chi connectivity index (χ2n) is 5.04. The quantitative estimate of drug-likeness (QED) is 0.249. The average Bonchev–Trinajstić information content (AvgIpc) is 2.54. The number of benzene rings is 1. The van der Waals surface area contributed by atoms with Crippen LogP contribution in [0.15, 0.2) is 35.3 Å². The standard InChI is InChI=1S/C16H25N3O4/c1-13(19-22-2)18-15(16(20)21)10-6-7-11-17-23-12-14-8-4-3-5-9-14/h3-5,8-9,15,17H,6-7,10-12H2,1-2H3,(H,18,19)(H,20,21)/t15-/m0/s1. The number of unbranched alkanes of at least 4 members (excludes halogenated alkanes) is 1. The van der Waals surface area contributed by atoms with E-state index in [0.717, 1.165) is 18.4 Å². The maximum Gasteiger partial charge on any atom is 0.328 e. The third-order valence-electron chi connectivity index (χ3n) is 3.07. The summed E-state index contributed by atoms with van der Waals surface area (Å²) in [6.07, 6.45) is 2.02. The minimum absolute atomic E-state index is 0.448. The van der Waals surface area contributed by atoms with Crippen LogP contribution in [0.3, 0.4) is 0 Å². The van der Waals surface area contributed by atoms with Crippen molar-refractivity contribution < 1.29 is 19.6 Å². The molecule has 0 amide bonds. The molecular weight excluding hydrogens is 298 g/mol. The van der Waals surface area contributed by atoms with Gasteiger partial charge in [-0.3, -0.25) is 20.1 Å². The van der Waals surface area contributed by atoms with E-state index in [4.69, 9.17) is 14.8 Å². The molecule has 0 unspecified atom stereocenters. The van der Waals surface area contributed by atoms with Gasteiger partial charge in [0, 0.05) is 6.54 Å². The zero-order valence-electron chi connectivity index (χ0n) is 13.6. The molecule has 0 saturated carbocycles. The maximum atomic E-state index is 11.1. The summed E-state index contributed by atoms with van der Waals surface area (Å²) in [5.74, 6) is -0.486. The Labute approximate surface area is 136 Å². The molecule has 1 aromatic rings. The molecule has 0 spiro atoms. The monoisotopic (exact) mass is 323 g/mol. The molecule has 23 heavy (non-hydrogen) atoms. The number of aliphatic imine (C=N–C) groups is 1. The number of rotatable bonds is 11. The van der Waals surface area contributed by atoms with E-state index in [1.54, 1.807) is 6.92 Å². The lowest BCUT2D eigenvalue weighted by Gasteiger charge is -2.10. The van der Waals surface area contributed by atoms with E-state index in [2.05, 4.69) is 16.0 Å². The number of aliphatic carboxylic acids is 1. The number of nitrogens with zero attached hydrogens (tertiary/aromatic N) is 1. The second-order valence-corrected chi connectivity index (χ2v) is 5.04. The molecule has 0 radical (unpaired) electrons. The number of hydroxylamine groups is 2. The third-order valence-corrected chi connectivity index (χ3v) is 3.07. The SMILES string of the molecule is CONC(C)=N[C@@H](CCCCNOCc1ccccc1)C(=O)O. The Hall–Kier alpha value is -1.96. The number of hydrogen-bond acceptors (Lipinski definition) is 5. The molecule has 128 valence electrons. The zero-order chi connectivity index (χ0) is 16.9. The normalized spacial score (nSPS) is 12.9. The molecule has 1 rings (SSSR count). The highest BCUT2D eigenvalue weighted by atomic mass is 16.6. The van der Waals surface area contributed by atoms with Gasteiger partial charge in [0.05, 0.1) is 13.7 Å². The van der Waals surface area contributed by atoms with E-state index in [0.29, 0.717) is 25.4 Å². The molecule has 0 aliphatic carbocycles. The van der Waals surface area contributed by atoms with Crippen molar-refractivity contribution in [2.75, 3.05) is 13.7 Å². The topological polar surface area (TPSA) is 92.2 Å². The van der Waals surface area contributed by atoms with Gasteiger partial charge in [0.15, 0.2) is 0 Å². The molecule has 0 heterocycles. The Bertz CT molecular complexity index is 479. The molecule has 1 atom stereocenters. The largest absolute Gasteiger partial charge is 0.480 e. The van der Waals surface area contributed by atoms with Crippen molar-refractivity contribution >= 4 is 11.8 Å². The van der Waals surface area contributed by atoms with Gasteiger partial charge < -0.3 is 5.11 Å². The number of amidine groups is 1. The molecule has 7 heteroatoms. The summed E-state index contributed by atoms with van der Waals surface area (Å²) in [5.41, 5.74) is 6.50. The van der Waals surface area contributed by atoms with Crippen LogP contribution >= 0.6 is 0 Å². The molecule has 0 aliphatic rings. The van der Waals surface area contributed by atoms with Crippen molar-refractivity contribution in [1.29, 1.82) is 0 Å². The molecule has 0 aliphatic heterocycles. The number of hydrogen-bond donors (Lipinski definition) is 3. The summed E-state index contributed by atoms with van der Waals surface area (Å²) < 4.78 is 0. The van der Waals surface area contributed by atoms with Crippen LogP contribution in [-0.4, -0.2) is 36.6 Å². The number of carbonyl (C=O) groups is 1. The maximum absolute atomic E-state index is 11.1. The molecular formula is C16H25N3O4. The van der Waals surface area contributed by atoms with Crippen LogP contribution in [0.1, 0.15) is 31.7 Å². The van der Waals surface area contributed by atoms with Gasteiger partial charge in [-0.25, -0.2) is 10.3 Å². The zero-order valence-corrected chi connectivity index (χ0v) is 13.6. The average molecular weight is 323 g/mol. The minimum atomic E-state index is -0.935. The summed E-state index contributed by atoms with van der Waals surface area (Å²) in [6.45, 7) is 2.83. The van der Waals surface area contributed by atoms with Gasteiger partial charge in [-0.2, -0.15) is 0 Å². The van der Waals surface area contributed by atoms with Gasteiger partial charge in [0.25, 0.3) is 0 Å². The van der Waals surface area contributed by atoms with Gasteiger partial charge in [-0.05, 0) is 31.7 Å². The lowest BCUT2D eigenvalue weighted by molar-refractivity contribution is -0.138. The highest BCUT2D eigenvalue weighted by molar-refractivity contribution is 5.83. The number of nitrogens with one attached hydrogen (secondary N) is 2. The third kappa shape index (κ3) is 8.92. The van der Waals surface area contributed by atoms with Crippen molar-refractivity contribution in [2.24, 2.45) is 4.99 Å². The number of carboxylic acid groups (broad SMARTS) is 1. The Morgan fingerprint density at radius 3 is 2.70 bits per heavy atom. The van der Waals surface area contributed by atoms with E-state index in [9.17, 15) is 4.79 Å². The summed E-state index contributed by atoms with van der Waals surface area (Å²) in [4.78, 5) is 25.3. The van der Waals surface area contributed by atoms with E-state index in [1.807, 2.05) is 30.3 Å². The molecule has 7 nitrogen and oxygen atoms in total. The lowest BCUT2D eigenvalue weighted by atomic mass is 10.1. The molecule has 0 aromatic heterocycles. The van der Waals surface area contributed by atoms with Gasteiger partial charge in [-0.15, -0.1) is 0 Å². The van der Waals surface area contributed by atoms with Crippen molar-refractivity contribution in [2.45, 2.75) is 38.8 Å². The Balaban J connectivity index is 2.14. The molecule has 3 N–H and O–H groups in total. The van der Waals surface area contributed by atoms with Crippen LogP contribution in [-0.2, 0) is 21.1 Å². The van der Waals surface area contributed by atoms with Crippen LogP contribution in [0.5, 0.6) is 0 Å². The fourth-order valence-electron chi connectivity index (χ4n) is 1.97. The van der Waals surface area contributed by atoms with E-state index in [-0.39, 0.29) is 0 Å². The summed E-state index contributed by atoms with van der Waals surface area (Å²) in [5, 5.41) is 9.14. The van der Waals surface area contributed by atoms with Gasteiger partial charge in [-0.1, -0.05) is 30.3 Å². The first-order valence-electron chi connectivity index (χ1n) is 7.58. The summed E-state index contributed by atoms with van der Waals surface area (Å²) in [6, 6.07) is 9.11. The Morgan fingerprint density at radius 2 is 2.04 bits per heavy atom. The van der Waals surface area contributed by atoms with Crippen molar-refractivity contribution in [3.8, 4) is 0 Å². The van der Waals surface area contributed by atoms with E-state index < -0.39 is 12.0 Å². The number of carboxylic acids is 1. The van der Waals surface area contributed by atoms with Crippen LogP contribution in [0.25, 0.3) is 0 Å². The van der Waals surface area contributed by atoms with Crippen LogP contribution in [0, 0.1) is 0 Å². The predicted molar refractivity (Wildman–Crippen MR) is 87.8 cm³/mol. The van der Waals surface area contributed by atoms with Gasteiger partial charge in [0.1, 0.15) is 11.9 Å². The van der Waals surface area contributed by atoms with E-state index in [1.165, 1.54) is 7.11 Å². The fourth-order valence-corrected chi connectivity index (χ4v) is 1.97. The molecule has 0 fully saturated rings. The van der Waals surface area contributed by atoms with Crippen LogP contribution in [0.2, 0.25) is 0 Å². The first-order chi connectivity index (χ1) is 11.1. The first-order valence-corrected chi connectivity index (χ1v) is 7.58. The predicted octanol–water partition coefficient (Wildman–Crippen LogP) is 1.90. The van der Waals surface area contributed by atoms with Gasteiger partial charge in [0.2, 0.25) is 0 Å². The Morgan fingerprint density at radius 1 is 1.30 bits per heavy atom. The van der Waals surface area contributed by atoms with Crippen LogP contribution < -0.4 is 11.0 Å². The fraction of sp³-hybridized carbons (Fsp3) is 0.500. The van der Waals surface area contributed by atoms with Crippen LogP contribution in [0.4, 0.5) is 0 Å². The molecule has 1 aromatic carbocycles. The van der Waals surface area contributed by atoms with Gasteiger partial charge >= 0.3 is 5.97 Å². The summed E-state index contributed by atoms with van der Waals surface area (Å²) in [7, 11) is 1.45. The highest BCUT2D eigenvalue weighted by Crippen LogP contribution is 2.06. The van der Waals surface area contributed by atoms with Crippen molar-refractivity contribution in [3.05, 3.63) is 35.9 Å². The lowest BCUT2D eigenvalue weighted by Crippen LogP contribution is -2.25. The van der Waals surface area contributed by atoms with E-state index >= 15 is 0 Å². The first kappa shape index (κ1) is 19.1. The second kappa shape index (κ2) is 11.6. The smallest absolute Gasteiger partial charge is 0.328 e. The molecule has 0 saturated heterocycles. The molecule has 0 bridgehead atoms. The highest BCUT2D eigenvalue weighted by Gasteiger charge is 2.15. The Kier molecular flexibility index (Phi) is 9.62.